The van der Waals surface area contributed by atoms with Crippen molar-refractivity contribution >= 4 is 38.2 Å². The predicted molar refractivity (Wildman–Crippen MR) is 83.9 cm³/mol. The van der Waals surface area contributed by atoms with Crippen LogP contribution in [0.25, 0.3) is 10.9 Å². The van der Waals surface area contributed by atoms with Crippen LogP contribution in [-0.4, -0.2) is 4.98 Å². The average Bonchev–Trinajstić information content (AvgIpc) is 2.47. The molecular weight excluding hydrogens is 314 g/mol. The summed E-state index contributed by atoms with van der Waals surface area (Å²) in [6, 6.07) is 17.8. The SMILES string of the molecule is N#Cc1c(Br)cccc1Nc1cnc2ccccc2c1. The third kappa shape index (κ3) is 2.36. The zero-order valence-electron chi connectivity index (χ0n) is 10.5. The van der Waals surface area contributed by atoms with Gasteiger partial charge in [-0.15, -0.1) is 0 Å². The third-order valence-corrected chi connectivity index (χ3v) is 3.66. The summed E-state index contributed by atoms with van der Waals surface area (Å²) < 4.78 is 0.777. The zero-order valence-corrected chi connectivity index (χ0v) is 12.1. The number of hydrogen-bond donors (Lipinski definition) is 1. The molecule has 1 aromatic heterocycles. The minimum atomic E-state index is 0.584. The number of benzene rings is 2. The third-order valence-electron chi connectivity index (χ3n) is 2.99. The molecule has 0 aliphatic heterocycles. The van der Waals surface area contributed by atoms with E-state index >= 15 is 0 Å². The van der Waals surface area contributed by atoms with Gasteiger partial charge in [0, 0.05) is 9.86 Å². The average molecular weight is 324 g/mol. The standard InChI is InChI=1S/C16H10BrN3/c17-14-5-3-7-16(13(14)9-18)20-12-8-11-4-1-2-6-15(11)19-10-12/h1-8,10,20H. The Kier molecular flexibility index (Phi) is 3.36. The van der Waals surface area contributed by atoms with Crippen LogP contribution in [0, 0.1) is 11.3 Å². The van der Waals surface area contributed by atoms with Crippen molar-refractivity contribution in [2.75, 3.05) is 5.32 Å². The molecule has 0 unspecified atom stereocenters. The van der Waals surface area contributed by atoms with Crippen molar-refractivity contribution in [1.29, 1.82) is 5.26 Å². The van der Waals surface area contributed by atoms with E-state index in [9.17, 15) is 5.26 Å². The van der Waals surface area contributed by atoms with Crippen LogP contribution in [0.1, 0.15) is 5.56 Å². The van der Waals surface area contributed by atoms with Gasteiger partial charge in [0.05, 0.1) is 28.7 Å². The number of anilines is 2. The number of para-hydroxylation sites is 1. The van der Waals surface area contributed by atoms with E-state index in [0.29, 0.717) is 5.56 Å². The van der Waals surface area contributed by atoms with Crippen molar-refractivity contribution in [2.24, 2.45) is 0 Å². The minimum Gasteiger partial charge on any atom is -0.353 e. The Bertz CT molecular complexity index is 821. The van der Waals surface area contributed by atoms with Gasteiger partial charge in [-0.3, -0.25) is 4.98 Å². The zero-order chi connectivity index (χ0) is 13.9. The summed E-state index contributed by atoms with van der Waals surface area (Å²) in [7, 11) is 0. The fourth-order valence-corrected chi connectivity index (χ4v) is 2.49. The van der Waals surface area contributed by atoms with Crippen LogP contribution in [-0.2, 0) is 0 Å². The van der Waals surface area contributed by atoms with Gasteiger partial charge in [-0.2, -0.15) is 5.26 Å². The summed E-state index contributed by atoms with van der Waals surface area (Å²) in [5, 5.41) is 13.5. The first kappa shape index (κ1) is 12.6. The quantitative estimate of drug-likeness (QED) is 0.749. The van der Waals surface area contributed by atoms with Gasteiger partial charge in [0.2, 0.25) is 0 Å². The fraction of sp³-hybridized carbons (Fsp3) is 0. The molecule has 0 spiro atoms. The summed E-state index contributed by atoms with van der Waals surface area (Å²) in [5.41, 5.74) is 3.16. The van der Waals surface area contributed by atoms with Gasteiger partial charge in [-0.1, -0.05) is 24.3 Å². The Labute approximate surface area is 125 Å². The molecule has 3 rings (SSSR count). The van der Waals surface area contributed by atoms with E-state index in [4.69, 9.17) is 0 Å². The van der Waals surface area contributed by atoms with Crippen LogP contribution < -0.4 is 5.32 Å². The number of rotatable bonds is 2. The number of nitrogens with zero attached hydrogens (tertiary/aromatic N) is 2. The maximum Gasteiger partial charge on any atom is 0.103 e. The van der Waals surface area contributed by atoms with Crippen molar-refractivity contribution < 1.29 is 0 Å². The first-order chi connectivity index (χ1) is 9.78. The summed E-state index contributed by atoms with van der Waals surface area (Å²) in [6.45, 7) is 0. The van der Waals surface area contributed by atoms with E-state index in [-0.39, 0.29) is 0 Å². The normalized spacial score (nSPS) is 10.2. The summed E-state index contributed by atoms with van der Waals surface area (Å²) >= 11 is 3.38. The van der Waals surface area contributed by atoms with E-state index in [1.807, 2.05) is 48.5 Å². The highest BCUT2D eigenvalue weighted by Crippen LogP contribution is 2.27. The molecule has 0 amide bonds. The molecule has 0 saturated heterocycles. The Hall–Kier alpha value is -2.38. The van der Waals surface area contributed by atoms with Crippen LogP contribution in [0.4, 0.5) is 11.4 Å². The number of halogens is 1. The highest BCUT2D eigenvalue weighted by Gasteiger charge is 2.06. The predicted octanol–water partition coefficient (Wildman–Crippen LogP) is 4.61. The van der Waals surface area contributed by atoms with Crippen molar-refractivity contribution in [2.45, 2.75) is 0 Å². The smallest absolute Gasteiger partial charge is 0.103 e. The second kappa shape index (κ2) is 5.32. The molecule has 0 aliphatic carbocycles. The molecule has 0 aliphatic rings. The monoisotopic (exact) mass is 323 g/mol. The van der Waals surface area contributed by atoms with Gasteiger partial charge in [-0.25, -0.2) is 0 Å². The summed E-state index contributed by atoms with van der Waals surface area (Å²) in [5.74, 6) is 0. The van der Waals surface area contributed by atoms with Crippen LogP contribution in [0.5, 0.6) is 0 Å². The summed E-state index contributed by atoms with van der Waals surface area (Å²) in [6.07, 6.45) is 1.77. The van der Waals surface area contributed by atoms with E-state index in [0.717, 1.165) is 26.8 Å². The lowest BCUT2D eigenvalue weighted by Gasteiger charge is -2.09. The van der Waals surface area contributed by atoms with Gasteiger partial charge >= 0.3 is 0 Å². The number of pyridine rings is 1. The maximum absolute atomic E-state index is 9.21. The van der Waals surface area contributed by atoms with Crippen LogP contribution in [0.3, 0.4) is 0 Å². The molecule has 96 valence electrons. The number of nitrogens with one attached hydrogen (secondary N) is 1. The van der Waals surface area contributed by atoms with Crippen LogP contribution in [0.15, 0.2) is 59.2 Å². The van der Waals surface area contributed by atoms with E-state index in [1.54, 1.807) is 6.20 Å². The molecule has 0 bridgehead atoms. The lowest BCUT2D eigenvalue weighted by atomic mass is 10.1. The molecule has 0 radical (unpaired) electrons. The lowest BCUT2D eigenvalue weighted by Crippen LogP contribution is -1.95. The van der Waals surface area contributed by atoms with Gasteiger partial charge in [0.1, 0.15) is 6.07 Å². The topological polar surface area (TPSA) is 48.7 Å². The molecule has 1 heterocycles. The Morgan fingerprint density at radius 1 is 1.10 bits per heavy atom. The number of aromatic nitrogens is 1. The highest BCUT2D eigenvalue weighted by atomic mass is 79.9. The molecule has 1 N–H and O–H groups in total. The van der Waals surface area contributed by atoms with E-state index in [2.05, 4.69) is 32.3 Å². The maximum atomic E-state index is 9.21. The van der Waals surface area contributed by atoms with E-state index < -0.39 is 0 Å². The van der Waals surface area contributed by atoms with Gasteiger partial charge < -0.3 is 5.32 Å². The van der Waals surface area contributed by atoms with E-state index in [1.165, 1.54) is 0 Å². The van der Waals surface area contributed by atoms with Crippen molar-refractivity contribution in [1.82, 2.24) is 4.98 Å². The number of nitriles is 1. The molecular formula is C16H10BrN3. The highest BCUT2D eigenvalue weighted by molar-refractivity contribution is 9.10. The first-order valence-corrected chi connectivity index (χ1v) is 6.87. The summed E-state index contributed by atoms with van der Waals surface area (Å²) in [4.78, 5) is 4.40. The molecule has 3 nitrogen and oxygen atoms in total. The fourth-order valence-electron chi connectivity index (χ4n) is 2.04. The van der Waals surface area contributed by atoms with Crippen LogP contribution >= 0.6 is 15.9 Å². The molecule has 2 aromatic carbocycles. The van der Waals surface area contributed by atoms with Crippen molar-refractivity contribution in [3.05, 3.63) is 64.8 Å². The lowest BCUT2D eigenvalue weighted by molar-refractivity contribution is 1.38. The molecule has 20 heavy (non-hydrogen) atoms. The molecule has 0 fully saturated rings. The molecule has 0 atom stereocenters. The van der Waals surface area contributed by atoms with Gasteiger partial charge in [-0.05, 0) is 40.2 Å². The number of hydrogen-bond acceptors (Lipinski definition) is 3. The first-order valence-electron chi connectivity index (χ1n) is 6.08. The van der Waals surface area contributed by atoms with Crippen LogP contribution in [0.2, 0.25) is 0 Å². The Morgan fingerprint density at radius 2 is 1.95 bits per heavy atom. The molecule has 4 heteroatoms. The largest absolute Gasteiger partial charge is 0.353 e. The second-order valence-electron chi connectivity index (χ2n) is 4.32. The van der Waals surface area contributed by atoms with Crippen molar-refractivity contribution in [3.63, 3.8) is 0 Å². The second-order valence-corrected chi connectivity index (χ2v) is 5.17. The van der Waals surface area contributed by atoms with Gasteiger partial charge in [0.25, 0.3) is 0 Å². The molecule has 3 aromatic rings. The number of fused-ring (bicyclic) bond motifs is 1. The molecule has 0 saturated carbocycles. The van der Waals surface area contributed by atoms with Crippen molar-refractivity contribution in [3.8, 4) is 6.07 Å². The van der Waals surface area contributed by atoms with Gasteiger partial charge in [0.15, 0.2) is 0 Å². The minimum absolute atomic E-state index is 0.584. The Morgan fingerprint density at radius 3 is 2.80 bits per heavy atom. The Balaban J connectivity index is 2.02.